The third kappa shape index (κ3) is 7.84. The molecule has 0 radical (unpaired) electrons. The van der Waals surface area contributed by atoms with Crippen LogP contribution < -0.4 is 5.32 Å². The summed E-state index contributed by atoms with van der Waals surface area (Å²) in [6.45, 7) is 6.56. The highest BCUT2D eigenvalue weighted by molar-refractivity contribution is 7.89. The van der Waals surface area contributed by atoms with Gasteiger partial charge in [-0.25, -0.2) is 8.42 Å². The molecule has 19 heavy (non-hydrogen) atoms. The van der Waals surface area contributed by atoms with E-state index in [0.29, 0.717) is 32.7 Å². The van der Waals surface area contributed by atoms with Crippen LogP contribution >= 0.6 is 0 Å². The molecule has 0 rings (SSSR count). The van der Waals surface area contributed by atoms with Gasteiger partial charge in [0.2, 0.25) is 10.0 Å². The Bertz CT molecular complexity index is 309. The monoisotopic (exact) mass is 296 g/mol. The van der Waals surface area contributed by atoms with Gasteiger partial charge < -0.3 is 14.8 Å². The average molecular weight is 296 g/mol. The largest absolute Gasteiger partial charge is 0.383 e. The second-order valence-corrected chi connectivity index (χ2v) is 6.47. The predicted molar refractivity (Wildman–Crippen MR) is 76.9 cm³/mol. The van der Waals surface area contributed by atoms with Gasteiger partial charge in [0.25, 0.3) is 0 Å². The number of nitrogens with one attached hydrogen (secondary N) is 1. The average Bonchev–Trinajstić information content (AvgIpc) is 2.35. The number of methoxy groups -OCH3 is 2. The normalized spacial score (nSPS) is 13.9. The topological polar surface area (TPSA) is 67.9 Å². The molecule has 0 heterocycles. The molecule has 0 aromatic rings. The molecule has 7 heteroatoms. The Hall–Kier alpha value is -0.210. The van der Waals surface area contributed by atoms with Gasteiger partial charge in [0.05, 0.1) is 19.0 Å². The summed E-state index contributed by atoms with van der Waals surface area (Å²) >= 11 is 0. The number of ether oxygens (including phenoxy) is 2. The standard InChI is InChI=1S/C12H28N2O4S/c1-5-13-7-6-10-19(15,16)14(8-9-17-3)12(2)11-18-4/h12-13H,5-11H2,1-4H3. The summed E-state index contributed by atoms with van der Waals surface area (Å²) in [5, 5.41) is 3.12. The van der Waals surface area contributed by atoms with Crippen LogP contribution in [0.25, 0.3) is 0 Å². The van der Waals surface area contributed by atoms with E-state index >= 15 is 0 Å². The van der Waals surface area contributed by atoms with Crippen LogP contribution in [-0.4, -0.2) is 71.6 Å². The van der Waals surface area contributed by atoms with Crippen LogP contribution in [0.1, 0.15) is 20.3 Å². The van der Waals surface area contributed by atoms with Gasteiger partial charge in [-0.05, 0) is 26.4 Å². The molecule has 0 bridgehead atoms. The van der Waals surface area contributed by atoms with Crippen molar-refractivity contribution < 1.29 is 17.9 Å². The van der Waals surface area contributed by atoms with Crippen molar-refractivity contribution in [3.8, 4) is 0 Å². The molecule has 0 fully saturated rings. The molecule has 0 amide bonds. The lowest BCUT2D eigenvalue weighted by molar-refractivity contribution is 0.119. The maximum absolute atomic E-state index is 12.3. The molecule has 0 aliphatic rings. The molecule has 0 spiro atoms. The minimum atomic E-state index is -3.26. The molecular formula is C12H28N2O4S. The number of nitrogens with zero attached hydrogens (tertiary/aromatic N) is 1. The van der Waals surface area contributed by atoms with E-state index < -0.39 is 10.0 Å². The van der Waals surface area contributed by atoms with Crippen LogP contribution in [0.2, 0.25) is 0 Å². The number of sulfonamides is 1. The maximum atomic E-state index is 12.3. The lowest BCUT2D eigenvalue weighted by Crippen LogP contribution is -2.44. The molecule has 116 valence electrons. The zero-order chi connectivity index (χ0) is 14.7. The fraction of sp³-hybridized carbons (Fsp3) is 1.00. The van der Waals surface area contributed by atoms with E-state index in [1.807, 2.05) is 13.8 Å². The second-order valence-electron chi connectivity index (χ2n) is 4.43. The first kappa shape index (κ1) is 18.8. The van der Waals surface area contributed by atoms with Gasteiger partial charge in [-0.2, -0.15) is 4.31 Å². The van der Waals surface area contributed by atoms with Gasteiger partial charge in [-0.15, -0.1) is 0 Å². The summed E-state index contributed by atoms with van der Waals surface area (Å²) in [6.07, 6.45) is 0.610. The Morgan fingerprint density at radius 1 is 1.26 bits per heavy atom. The quantitative estimate of drug-likeness (QED) is 0.525. The predicted octanol–water partition coefficient (Wildman–Crippen LogP) is 0.299. The smallest absolute Gasteiger partial charge is 0.214 e. The zero-order valence-corrected chi connectivity index (χ0v) is 13.3. The Labute approximate surface area is 117 Å². The summed E-state index contributed by atoms with van der Waals surface area (Å²) < 4.78 is 36.1. The molecular weight excluding hydrogens is 268 g/mol. The molecule has 0 aromatic carbocycles. The van der Waals surface area contributed by atoms with Gasteiger partial charge in [0.15, 0.2) is 0 Å². The lowest BCUT2D eigenvalue weighted by atomic mass is 10.3. The first-order chi connectivity index (χ1) is 8.99. The van der Waals surface area contributed by atoms with Gasteiger partial charge in [-0.3, -0.25) is 0 Å². The number of rotatable bonds is 12. The van der Waals surface area contributed by atoms with E-state index in [2.05, 4.69) is 5.32 Å². The summed E-state index contributed by atoms with van der Waals surface area (Å²) in [5.41, 5.74) is 0. The van der Waals surface area contributed by atoms with Crippen molar-refractivity contribution in [2.24, 2.45) is 0 Å². The fourth-order valence-corrected chi connectivity index (χ4v) is 3.52. The van der Waals surface area contributed by atoms with Crippen LogP contribution in [-0.2, 0) is 19.5 Å². The van der Waals surface area contributed by atoms with Crippen molar-refractivity contribution in [2.75, 3.05) is 52.8 Å². The molecule has 1 N–H and O–H groups in total. The Morgan fingerprint density at radius 2 is 1.95 bits per heavy atom. The van der Waals surface area contributed by atoms with E-state index in [4.69, 9.17) is 9.47 Å². The number of hydrogen-bond donors (Lipinski definition) is 1. The van der Waals surface area contributed by atoms with Crippen LogP contribution in [0.3, 0.4) is 0 Å². The Balaban J connectivity index is 4.52. The van der Waals surface area contributed by atoms with Crippen molar-refractivity contribution in [1.82, 2.24) is 9.62 Å². The van der Waals surface area contributed by atoms with Crippen molar-refractivity contribution in [3.63, 3.8) is 0 Å². The first-order valence-corrected chi connectivity index (χ1v) is 8.28. The van der Waals surface area contributed by atoms with Crippen LogP contribution in [0.15, 0.2) is 0 Å². The summed E-state index contributed by atoms with van der Waals surface area (Å²) in [5.74, 6) is 0.151. The van der Waals surface area contributed by atoms with Crippen LogP contribution in [0.4, 0.5) is 0 Å². The highest BCUT2D eigenvalue weighted by atomic mass is 32.2. The van der Waals surface area contributed by atoms with E-state index in [1.54, 1.807) is 14.2 Å². The first-order valence-electron chi connectivity index (χ1n) is 6.67. The van der Waals surface area contributed by atoms with Gasteiger partial charge in [-0.1, -0.05) is 6.92 Å². The third-order valence-electron chi connectivity index (χ3n) is 2.78. The van der Waals surface area contributed by atoms with Crippen molar-refractivity contribution in [2.45, 2.75) is 26.3 Å². The summed E-state index contributed by atoms with van der Waals surface area (Å²) in [7, 11) is -0.125. The van der Waals surface area contributed by atoms with E-state index in [9.17, 15) is 8.42 Å². The molecule has 6 nitrogen and oxygen atoms in total. The minimum absolute atomic E-state index is 0.151. The fourth-order valence-electron chi connectivity index (χ4n) is 1.81. The van der Waals surface area contributed by atoms with Gasteiger partial charge >= 0.3 is 0 Å². The van der Waals surface area contributed by atoms with E-state index in [1.165, 1.54) is 4.31 Å². The highest BCUT2D eigenvalue weighted by Crippen LogP contribution is 2.09. The summed E-state index contributed by atoms with van der Waals surface area (Å²) in [4.78, 5) is 0. The van der Waals surface area contributed by atoms with Gasteiger partial charge in [0, 0.05) is 26.8 Å². The third-order valence-corrected chi connectivity index (χ3v) is 4.84. The van der Waals surface area contributed by atoms with Gasteiger partial charge in [0.1, 0.15) is 0 Å². The minimum Gasteiger partial charge on any atom is -0.383 e. The van der Waals surface area contributed by atoms with Crippen molar-refractivity contribution >= 4 is 10.0 Å². The molecule has 1 unspecified atom stereocenters. The molecule has 0 aliphatic heterocycles. The molecule has 0 saturated heterocycles. The molecule has 0 aliphatic carbocycles. The second kappa shape index (κ2) is 10.6. The van der Waals surface area contributed by atoms with Crippen molar-refractivity contribution in [1.29, 1.82) is 0 Å². The summed E-state index contributed by atoms with van der Waals surface area (Å²) in [6, 6.07) is -0.177. The Kier molecular flexibility index (Phi) is 10.4. The maximum Gasteiger partial charge on any atom is 0.214 e. The van der Waals surface area contributed by atoms with E-state index in [0.717, 1.165) is 6.54 Å². The van der Waals surface area contributed by atoms with Crippen LogP contribution in [0.5, 0.6) is 0 Å². The van der Waals surface area contributed by atoms with Crippen molar-refractivity contribution in [3.05, 3.63) is 0 Å². The van der Waals surface area contributed by atoms with E-state index in [-0.39, 0.29) is 11.8 Å². The Morgan fingerprint density at radius 3 is 2.47 bits per heavy atom. The zero-order valence-electron chi connectivity index (χ0n) is 12.5. The van der Waals surface area contributed by atoms with Crippen LogP contribution in [0, 0.1) is 0 Å². The molecule has 1 atom stereocenters. The SMILES string of the molecule is CCNCCCS(=O)(=O)N(CCOC)C(C)COC. The number of hydrogen-bond acceptors (Lipinski definition) is 5. The highest BCUT2D eigenvalue weighted by Gasteiger charge is 2.26. The molecule has 0 aromatic heterocycles. The lowest BCUT2D eigenvalue weighted by Gasteiger charge is -2.27. The molecule has 0 saturated carbocycles.